The molecule has 3 nitrogen and oxygen atoms in total. The van der Waals surface area contributed by atoms with Crippen molar-refractivity contribution in [3.8, 4) is 5.75 Å². The van der Waals surface area contributed by atoms with Crippen LogP contribution in [0.4, 0.5) is 4.39 Å². The van der Waals surface area contributed by atoms with Gasteiger partial charge in [0, 0.05) is 6.07 Å². The van der Waals surface area contributed by atoms with E-state index in [2.05, 4.69) is 6.92 Å². The van der Waals surface area contributed by atoms with Crippen LogP contribution in [0, 0.1) is 5.82 Å². The van der Waals surface area contributed by atoms with Gasteiger partial charge in [-0.1, -0.05) is 32.6 Å². The first kappa shape index (κ1) is 14.5. The van der Waals surface area contributed by atoms with Gasteiger partial charge in [-0.25, -0.2) is 9.18 Å². The fourth-order valence-corrected chi connectivity index (χ4v) is 1.67. The molecule has 0 bridgehead atoms. The van der Waals surface area contributed by atoms with Crippen LogP contribution < -0.4 is 4.74 Å². The molecule has 18 heavy (non-hydrogen) atoms. The van der Waals surface area contributed by atoms with Crippen molar-refractivity contribution in [2.45, 2.75) is 39.0 Å². The molecule has 0 spiro atoms. The van der Waals surface area contributed by atoms with E-state index < -0.39 is 11.8 Å². The molecular weight excluding hydrogens is 235 g/mol. The first-order valence-electron chi connectivity index (χ1n) is 6.30. The van der Waals surface area contributed by atoms with E-state index in [4.69, 9.17) is 9.84 Å². The molecular formula is C14H19FO3. The first-order chi connectivity index (χ1) is 8.63. The number of halogens is 1. The van der Waals surface area contributed by atoms with Gasteiger partial charge in [-0.2, -0.15) is 0 Å². The molecule has 0 heterocycles. The number of hydrogen-bond donors (Lipinski definition) is 1. The predicted molar refractivity (Wildman–Crippen MR) is 67.6 cm³/mol. The van der Waals surface area contributed by atoms with Gasteiger partial charge in [-0.15, -0.1) is 0 Å². The van der Waals surface area contributed by atoms with E-state index in [1.54, 1.807) is 0 Å². The number of carboxylic acid groups (broad SMARTS) is 1. The monoisotopic (exact) mass is 254 g/mol. The highest BCUT2D eigenvalue weighted by Gasteiger charge is 2.07. The Morgan fingerprint density at radius 1 is 1.22 bits per heavy atom. The Labute approximate surface area is 107 Å². The summed E-state index contributed by atoms with van der Waals surface area (Å²) in [7, 11) is 0. The fourth-order valence-electron chi connectivity index (χ4n) is 1.67. The quantitative estimate of drug-likeness (QED) is 0.716. The van der Waals surface area contributed by atoms with Gasteiger partial charge in [0.2, 0.25) is 0 Å². The van der Waals surface area contributed by atoms with Crippen LogP contribution in [0.15, 0.2) is 18.2 Å². The maximum atomic E-state index is 13.1. The van der Waals surface area contributed by atoms with Crippen molar-refractivity contribution in [1.29, 1.82) is 0 Å². The molecule has 0 fully saturated rings. The summed E-state index contributed by atoms with van der Waals surface area (Å²) in [4.78, 5) is 10.7. The van der Waals surface area contributed by atoms with Crippen LogP contribution in [0.25, 0.3) is 0 Å². The number of carbonyl (C=O) groups is 1. The van der Waals surface area contributed by atoms with E-state index in [9.17, 15) is 9.18 Å². The SMILES string of the molecule is CCCCCCCOc1cc(F)cc(C(=O)O)c1. The molecule has 0 atom stereocenters. The molecule has 1 aromatic rings. The molecule has 0 aromatic heterocycles. The lowest BCUT2D eigenvalue weighted by Gasteiger charge is -2.07. The normalized spacial score (nSPS) is 10.3. The summed E-state index contributed by atoms with van der Waals surface area (Å²) < 4.78 is 18.5. The average Bonchev–Trinajstić information content (AvgIpc) is 2.33. The minimum atomic E-state index is -1.15. The molecule has 0 saturated carbocycles. The third kappa shape index (κ3) is 5.17. The van der Waals surface area contributed by atoms with Crippen LogP contribution in [0.5, 0.6) is 5.75 Å². The Kier molecular flexibility index (Phi) is 6.19. The molecule has 0 radical (unpaired) electrons. The van der Waals surface area contributed by atoms with E-state index in [1.807, 2.05) is 0 Å². The Morgan fingerprint density at radius 3 is 2.61 bits per heavy atom. The van der Waals surface area contributed by atoms with Crippen molar-refractivity contribution in [1.82, 2.24) is 0 Å². The lowest BCUT2D eigenvalue weighted by Crippen LogP contribution is -2.01. The van der Waals surface area contributed by atoms with Gasteiger partial charge in [-0.3, -0.25) is 0 Å². The van der Waals surface area contributed by atoms with Crippen molar-refractivity contribution in [3.63, 3.8) is 0 Å². The lowest BCUT2D eigenvalue weighted by molar-refractivity contribution is 0.0695. The Hall–Kier alpha value is -1.58. The van der Waals surface area contributed by atoms with Gasteiger partial charge in [0.15, 0.2) is 0 Å². The Balaban J connectivity index is 2.40. The zero-order valence-corrected chi connectivity index (χ0v) is 10.6. The number of benzene rings is 1. The number of rotatable bonds is 8. The molecule has 0 saturated heterocycles. The third-order valence-electron chi connectivity index (χ3n) is 2.63. The maximum Gasteiger partial charge on any atom is 0.335 e. The number of hydrogen-bond acceptors (Lipinski definition) is 2. The number of carboxylic acids is 1. The van der Waals surface area contributed by atoms with Gasteiger partial charge in [0.25, 0.3) is 0 Å². The summed E-state index contributed by atoms with van der Waals surface area (Å²) in [5, 5.41) is 8.78. The van der Waals surface area contributed by atoms with Crippen LogP contribution >= 0.6 is 0 Å². The highest BCUT2D eigenvalue weighted by atomic mass is 19.1. The van der Waals surface area contributed by atoms with Crippen molar-refractivity contribution in [2.75, 3.05) is 6.61 Å². The van der Waals surface area contributed by atoms with Gasteiger partial charge in [0.05, 0.1) is 12.2 Å². The Bertz CT molecular complexity index is 391. The second-order valence-corrected chi connectivity index (χ2v) is 4.24. The molecule has 1 aromatic carbocycles. The summed E-state index contributed by atoms with van der Waals surface area (Å²) in [5.41, 5.74) is -0.0871. The predicted octanol–water partition coefficient (Wildman–Crippen LogP) is 3.87. The molecule has 100 valence electrons. The molecule has 4 heteroatoms. The highest BCUT2D eigenvalue weighted by molar-refractivity contribution is 5.88. The second kappa shape index (κ2) is 7.69. The third-order valence-corrected chi connectivity index (χ3v) is 2.63. The number of ether oxygens (including phenoxy) is 1. The standard InChI is InChI=1S/C14H19FO3/c1-2-3-4-5-6-7-18-13-9-11(14(16)17)8-12(15)10-13/h8-10H,2-7H2,1H3,(H,16,17). The minimum absolute atomic E-state index is 0.0871. The van der Waals surface area contributed by atoms with E-state index in [1.165, 1.54) is 31.4 Å². The molecule has 0 unspecified atom stereocenters. The minimum Gasteiger partial charge on any atom is -0.493 e. The maximum absolute atomic E-state index is 13.1. The molecule has 0 aliphatic carbocycles. The summed E-state index contributed by atoms with van der Waals surface area (Å²) in [6, 6.07) is 3.53. The van der Waals surface area contributed by atoms with Gasteiger partial charge < -0.3 is 9.84 Å². The molecule has 1 N–H and O–H groups in total. The summed E-state index contributed by atoms with van der Waals surface area (Å²) >= 11 is 0. The van der Waals surface area contributed by atoms with Crippen LogP contribution in [0.3, 0.4) is 0 Å². The van der Waals surface area contributed by atoms with Crippen molar-refractivity contribution in [3.05, 3.63) is 29.6 Å². The second-order valence-electron chi connectivity index (χ2n) is 4.24. The summed E-state index contributed by atoms with van der Waals surface area (Å²) in [6.45, 7) is 2.64. The van der Waals surface area contributed by atoms with Gasteiger partial charge >= 0.3 is 5.97 Å². The van der Waals surface area contributed by atoms with E-state index in [0.29, 0.717) is 6.61 Å². The number of unbranched alkanes of at least 4 members (excludes halogenated alkanes) is 4. The van der Waals surface area contributed by atoms with E-state index in [0.717, 1.165) is 18.9 Å². The van der Waals surface area contributed by atoms with Crippen molar-refractivity contribution >= 4 is 5.97 Å². The Morgan fingerprint density at radius 2 is 1.94 bits per heavy atom. The van der Waals surface area contributed by atoms with Gasteiger partial charge in [-0.05, 0) is 18.6 Å². The summed E-state index contributed by atoms with van der Waals surface area (Å²) in [6.07, 6.45) is 5.55. The van der Waals surface area contributed by atoms with Crippen molar-refractivity contribution < 1.29 is 19.0 Å². The largest absolute Gasteiger partial charge is 0.493 e. The summed E-state index contributed by atoms with van der Waals surface area (Å²) in [5.74, 6) is -1.46. The van der Waals surface area contributed by atoms with Crippen LogP contribution in [-0.4, -0.2) is 17.7 Å². The molecule has 0 aliphatic heterocycles. The zero-order valence-electron chi connectivity index (χ0n) is 10.6. The highest BCUT2D eigenvalue weighted by Crippen LogP contribution is 2.17. The van der Waals surface area contributed by atoms with Gasteiger partial charge in [0.1, 0.15) is 11.6 Å². The van der Waals surface area contributed by atoms with E-state index in [-0.39, 0.29) is 11.3 Å². The molecule has 0 amide bonds. The van der Waals surface area contributed by atoms with Crippen LogP contribution in [0.1, 0.15) is 49.4 Å². The first-order valence-corrected chi connectivity index (χ1v) is 6.30. The number of aromatic carboxylic acids is 1. The smallest absolute Gasteiger partial charge is 0.335 e. The lowest BCUT2D eigenvalue weighted by atomic mass is 10.2. The van der Waals surface area contributed by atoms with Crippen molar-refractivity contribution in [2.24, 2.45) is 0 Å². The van der Waals surface area contributed by atoms with E-state index >= 15 is 0 Å². The topological polar surface area (TPSA) is 46.5 Å². The average molecular weight is 254 g/mol. The van der Waals surface area contributed by atoms with Crippen LogP contribution in [0.2, 0.25) is 0 Å². The van der Waals surface area contributed by atoms with Crippen LogP contribution in [-0.2, 0) is 0 Å². The molecule has 1 rings (SSSR count). The fraction of sp³-hybridized carbons (Fsp3) is 0.500. The molecule has 0 aliphatic rings. The zero-order chi connectivity index (χ0) is 13.4.